The van der Waals surface area contributed by atoms with Gasteiger partial charge in [-0.1, -0.05) is 13.8 Å². The molecule has 1 rings (SSSR count). The van der Waals surface area contributed by atoms with Crippen LogP contribution in [0.3, 0.4) is 0 Å². The van der Waals surface area contributed by atoms with Crippen molar-refractivity contribution in [2.45, 2.75) is 52.6 Å². The van der Waals surface area contributed by atoms with Gasteiger partial charge in [-0.2, -0.15) is 0 Å². The zero-order valence-corrected chi connectivity index (χ0v) is 9.70. The first-order valence-corrected chi connectivity index (χ1v) is 5.30. The summed E-state index contributed by atoms with van der Waals surface area (Å²) in [4.78, 5) is 0. The maximum Gasteiger partial charge on any atom is 0.0147 e. The van der Waals surface area contributed by atoms with E-state index in [4.69, 9.17) is 0 Å². The molecule has 1 heterocycles. The summed E-state index contributed by atoms with van der Waals surface area (Å²) in [6.45, 7) is 13.7. The molecule has 0 aromatic rings. The first-order valence-electron chi connectivity index (χ1n) is 5.30. The number of hydrogen-bond donors (Lipinski definition) is 2. The van der Waals surface area contributed by atoms with Crippen molar-refractivity contribution in [1.29, 1.82) is 0 Å². The van der Waals surface area contributed by atoms with E-state index in [-0.39, 0.29) is 5.54 Å². The average molecular weight is 184 g/mol. The molecule has 2 heteroatoms. The third-order valence-corrected chi connectivity index (χ3v) is 2.74. The van der Waals surface area contributed by atoms with E-state index in [1.54, 1.807) is 0 Å². The Labute approximate surface area is 82.5 Å². The maximum atomic E-state index is 3.71. The molecule has 0 saturated carbocycles. The zero-order valence-electron chi connectivity index (χ0n) is 9.70. The Morgan fingerprint density at radius 2 is 1.92 bits per heavy atom. The summed E-state index contributed by atoms with van der Waals surface area (Å²) in [6.07, 6.45) is 1.24. The molecule has 0 spiro atoms. The number of rotatable bonds is 1. The summed E-state index contributed by atoms with van der Waals surface area (Å²) in [5, 5.41) is 7.16. The molecule has 0 amide bonds. The Bertz CT molecular complexity index is 167. The van der Waals surface area contributed by atoms with Gasteiger partial charge < -0.3 is 10.6 Å². The molecule has 0 radical (unpaired) electrons. The van der Waals surface area contributed by atoms with Crippen molar-refractivity contribution in [3.8, 4) is 0 Å². The van der Waals surface area contributed by atoms with E-state index >= 15 is 0 Å². The molecule has 1 aliphatic heterocycles. The molecule has 1 atom stereocenters. The monoisotopic (exact) mass is 184 g/mol. The van der Waals surface area contributed by atoms with E-state index < -0.39 is 0 Å². The molecule has 1 saturated heterocycles. The van der Waals surface area contributed by atoms with Crippen molar-refractivity contribution >= 4 is 0 Å². The maximum absolute atomic E-state index is 3.71. The zero-order chi connectivity index (χ0) is 10.1. The first kappa shape index (κ1) is 11.0. The standard InChI is InChI=1S/C11H24N2/c1-10(2,3)13-9-6-7-12-8-11(9,4)5/h9,12-13H,6-8H2,1-5H3. The van der Waals surface area contributed by atoms with Crippen LogP contribution in [-0.2, 0) is 0 Å². The summed E-state index contributed by atoms with van der Waals surface area (Å²) in [7, 11) is 0. The minimum atomic E-state index is 0.235. The van der Waals surface area contributed by atoms with Crippen LogP contribution in [0.5, 0.6) is 0 Å². The van der Waals surface area contributed by atoms with Crippen LogP contribution in [0, 0.1) is 5.41 Å². The van der Waals surface area contributed by atoms with Gasteiger partial charge in [0.25, 0.3) is 0 Å². The highest BCUT2D eigenvalue weighted by Crippen LogP contribution is 2.26. The van der Waals surface area contributed by atoms with Gasteiger partial charge in [0.05, 0.1) is 0 Å². The summed E-state index contributed by atoms with van der Waals surface area (Å²) < 4.78 is 0. The quantitative estimate of drug-likeness (QED) is 0.649. The minimum Gasteiger partial charge on any atom is -0.316 e. The third-order valence-electron chi connectivity index (χ3n) is 2.74. The van der Waals surface area contributed by atoms with Gasteiger partial charge in [-0.3, -0.25) is 0 Å². The number of piperidine rings is 1. The largest absolute Gasteiger partial charge is 0.316 e. The Hall–Kier alpha value is -0.0800. The fraction of sp³-hybridized carbons (Fsp3) is 1.00. The Balaban J connectivity index is 2.56. The summed E-state index contributed by atoms with van der Waals surface area (Å²) in [6, 6.07) is 0.647. The molecular weight excluding hydrogens is 160 g/mol. The van der Waals surface area contributed by atoms with Crippen molar-refractivity contribution in [1.82, 2.24) is 10.6 Å². The van der Waals surface area contributed by atoms with Crippen LogP contribution in [0.15, 0.2) is 0 Å². The lowest BCUT2D eigenvalue weighted by Gasteiger charge is -2.43. The predicted octanol–water partition coefficient (Wildman–Crippen LogP) is 1.76. The molecule has 0 aliphatic carbocycles. The van der Waals surface area contributed by atoms with Crippen molar-refractivity contribution in [2.24, 2.45) is 5.41 Å². The van der Waals surface area contributed by atoms with E-state index in [2.05, 4.69) is 45.3 Å². The molecule has 0 bridgehead atoms. The molecular formula is C11H24N2. The second-order valence-electron chi connectivity index (χ2n) is 5.90. The molecule has 1 unspecified atom stereocenters. The van der Waals surface area contributed by atoms with Crippen LogP contribution in [-0.4, -0.2) is 24.7 Å². The van der Waals surface area contributed by atoms with Gasteiger partial charge in [-0.05, 0) is 39.2 Å². The van der Waals surface area contributed by atoms with Crippen LogP contribution in [0.1, 0.15) is 41.0 Å². The van der Waals surface area contributed by atoms with Crippen molar-refractivity contribution in [3.05, 3.63) is 0 Å². The highest BCUT2D eigenvalue weighted by atomic mass is 15.0. The molecule has 0 aromatic heterocycles. The Morgan fingerprint density at radius 3 is 2.38 bits per heavy atom. The summed E-state index contributed by atoms with van der Waals surface area (Å²) in [5.41, 5.74) is 0.616. The van der Waals surface area contributed by atoms with Crippen LogP contribution in [0.2, 0.25) is 0 Å². The highest BCUT2D eigenvalue weighted by Gasteiger charge is 2.33. The SMILES string of the molecule is CC(C)(C)NC1CCNCC1(C)C. The summed E-state index contributed by atoms with van der Waals surface area (Å²) in [5.74, 6) is 0. The topological polar surface area (TPSA) is 24.1 Å². The predicted molar refractivity (Wildman–Crippen MR) is 57.9 cm³/mol. The van der Waals surface area contributed by atoms with Gasteiger partial charge in [0, 0.05) is 18.1 Å². The van der Waals surface area contributed by atoms with Crippen molar-refractivity contribution in [3.63, 3.8) is 0 Å². The van der Waals surface area contributed by atoms with Crippen molar-refractivity contribution in [2.75, 3.05) is 13.1 Å². The molecule has 2 N–H and O–H groups in total. The van der Waals surface area contributed by atoms with Gasteiger partial charge in [-0.15, -0.1) is 0 Å². The number of nitrogens with one attached hydrogen (secondary N) is 2. The lowest BCUT2D eigenvalue weighted by atomic mass is 9.79. The smallest absolute Gasteiger partial charge is 0.0147 e. The molecule has 1 aliphatic rings. The molecule has 0 aromatic carbocycles. The normalized spacial score (nSPS) is 28.8. The third kappa shape index (κ3) is 3.28. The van der Waals surface area contributed by atoms with Gasteiger partial charge in [0.2, 0.25) is 0 Å². The van der Waals surface area contributed by atoms with Crippen LogP contribution in [0.25, 0.3) is 0 Å². The molecule has 78 valence electrons. The van der Waals surface area contributed by atoms with Gasteiger partial charge in [0.15, 0.2) is 0 Å². The Morgan fingerprint density at radius 1 is 1.31 bits per heavy atom. The Kier molecular flexibility index (Phi) is 3.03. The molecule has 1 fully saturated rings. The summed E-state index contributed by atoms with van der Waals surface area (Å²) >= 11 is 0. The van der Waals surface area contributed by atoms with Crippen LogP contribution in [0.4, 0.5) is 0 Å². The lowest BCUT2D eigenvalue weighted by Crippen LogP contribution is -2.57. The fourth-order valence-electron chi connectivity index (χ4n) is 1.96. The minimum absolute atomic E-state index is 0.235. The van der Waals surface area contributed by atoms with Crippen molar-refractivity contribution < 1.29 is 0 Å². The van der Waals surface area contributed by atoms with Gasteiger partial charge in [-0.25, -0.2) is 0 Å². The number of hydrogen-bond acceptors (Lipinski definition) is 2. The van der Waals surface area contributed by atoms with E-state index in [0.29, 0.717) is 11.5 Å². The highest BCUT2D eigenvalue weighted by molar-refractivity contribution is 4.93. The van der Waals surface area contributed by atoms with Gasteiger partial charge in [0.1, 0.15) is 0 Å². The fourth-order valence-corrected chi connectivity index (χ4v) is 1.96. The second-order valence-corrected chi connectivity index (χ2v) is 5.90. The van der Waals surface area contributed by atoms with E-state index in [1.807, 2.05) is 0 Å². The van der Waals surface area contributed by atoms with Gasteiger partial charge >= 0.3 is 0 Å². The second kappa shape index (κ2) is 3.58. The van der Waals surface area contributed by atoms with Crippen LogP contribution >= 0.6 is 0 Å². The molecule has 2 nitrogen and oxygen atoms in total. The first-order chi connectivity index (χ1) is 5.81. The van der Waals surface area contributed by atoms with E-state index in [1.165, 1.54) is 6.42 Å². The van der Waals surface area contributed by atoms with E-state index in [0.717, 1.165) is 13.1 Å². The lowest BCUT2D eigenvalue weighted by molar-refractivity contribution is 0.155. The van der Waals surface area contributed by atoms with E-state index in [9.17, 15) is 0 Å². The van der Waals surface area contributed by atoms with Crippen LogP contribution < -0.4 is 10.6 Å². The molecule has 13 heavy (non-hydrogen) atoms. The average Bonchev–Trinajstić information content (AvgIpc) is 1.91.